The molecule has 6 rings (SSSR count). The fourth-order valence-corrected chi connectivity index (χ4v) is 8.12. The van der Waals surface area contributed by atoms with E-state index in [2.05, 4.69) is 33.1 Å². The maximum absolute atomic E-state index is 13.4. The molecule has 1 spiro atoms. The number of fused-ring (bicyclic) bond motifs is 4. The highest BCUT2D eigenvalue weighted by Crippen LogP contribution is 2.46. The van der Waals surface area contributed by atoms with Gasteiger partial charge in [-0.05, 0) is 106 Å². The Labute approximate surface area is 242 Å². The number of carbonyl (C=O) groups is 1. The van der Waals surface area contributed by atoms with Crippen molar-refractivity contribution in [3.8, 4) is 5.75 Å². The van der Waals surface area contributed by atoms with Crippen LogP contribution in [0.1, 0.15) is 57.1 Å². The molecule has 214 valence electrons. The van der Waals surface area contributed by atoms with E-state index in [1.54, 1.807) is 26.0 Å². The highest BCUT2D eigenvalue weighted by molar-refractivity contribution is 7.90. The average Bonchev–Trinajstić information content (AvgIpc) is 3.05. The van der Waals surface area contributed by atoms with Crippen molar-refractivity contribution < 1.29 is 17.9 Å². The smallest absolute Gasteiger partial charge is 0.264 e. The summed E-state index contributed by atoms with van der Waals surface area (Å²) in [6.45, 7) is 5.97. The predicted molar refractivity (Wildman–Crippen MR) is 158 cm³/mol. The summed E-state index contributed by atoms with van der Waals surface area (Å²) < 4.78 is 35.7. The highest BCUT2D eigenvalue weighted by atomic mass is 35.5. The van der Waals surface area contributed by atoms with Gasteiger partial charge < -0.3 is 15.0 Å². The minimum absolute atomic E-state index is 0.0629. The van der Waals surface area contributed by atoms with Crippen LogP contribution in [0.4, 0.5) is 5.69 Å². The molecule has 4 aliphatic rings. The molecular weight excluding hydrogens is 546 g/mol. The third-order valence-corrected chi connectivity index (χ3v) is 11.0. The molecule has 2 bridgehead atoms. The second-order valence-electron chi connectivity index (χ2n) is 12.5. The molecule has 2 heterocycles. The lowest BCUT2D eigenvalue weighted by atomic mass is 9.69. The van der Waals surface area contributed by atoms with E-state index in [0.29, 0.717) is 30.7 Å². The van der Waals surface area contributed by atoms with Gasteiger partial charge in [0.05, 0.1) is 22.7 Å². The Balaban J connectivity index is 1.43. The van der Waals surface area contributed by atoms with E-state index in [1.807, 2.05) is 12.1 Å². The van der Waals surface area contributed by atoms with Crippen LogP contribution in [0.5, 0.6) is 5.75 Å². The summed E-state index contributed by atoms with van der Waals surface area (Å²) in [6, 6.07) is 11.2. The van der Waals surface area contributed by atoms with Gasteiger partial charge in [0.1, 0.15) is 5.75 Å². The normalized spacial score (nSPS) is 30.1. The molecule has 40 heavy (non-hydrogen) atoms. The number of benzene rings is 2. The number of allylic oxidation sites excluding steroid dienone is 1. The fourth-order valence-electron chi connectivity index (χ4n) is 6.79. The zero-order valence-electron chi connectivity index (χ0n) is 23.2. The van der Waals surface area contributed by atoms with E-state index >= 15 is 0 Å². The Morgan fingerprint density at radius 3 is 2.70 bits per heavy atom. The number of anilines is 1. The molecule has 1 amide bonds. The van der Waals surface area contributed by atoms with E-state index in [4.69, 9.17) is 16.3 Å². The lowest BCUT2D eigenvalue weighted by molar-refractivity contribution is -0.124. The van der Waals surface area contributed by atoms with Crippen LogP contribution in [-0.4, -0.2) is 46.1 Å². The summed E-state index contributed by atoms with van der Waals surface area (Å²) >= 11 is 6.38. The van der Waals surface area contributed by atoms with Gasteiger partial charge >= 0.3 is 0 Å². The second-order valence-corrected chi connectivity index (χ2v) is 14.6. The monoisotopic (exact) mass is 583 g/mol. The molecule has 2 aromatic rings. The molecule has 7 nitrogen and oxygen atoms in total. The van der Waals surface area contributed by atoms with Crippen LogP contribution < -0.4 is 19.7 Å². The summed E-state index contributed by atoms with van der Waals surface area (Å²) in [5.74, 6) is 1.18. The predicted octanol–water partition coefficient (Wildman–Crippen LogP) is 4.97. The van der Waals surface area contributed by atoms with Gasteiger partial charge in [-0.1, -0.05) is 29.8 Å². The molecule has 0 unspecified atom stereocenters. The Hall–Kier alpha value is -2.55. The molecule has 3 atom stereocenters. The minimum Gasteiger partial charge on any atom is -0.490 e. The number of hydrogen-bond donors (Lipinski definition) is 2. The number of amides is 1. The molecule has 1 saturated carbocycles. The number of nitrogens with one attached hydrogen (secondary N) is 2. The van der Waals surface area contributed by atoms with Crippen molar-refractivity contribution in [1.82, 2.24) is 10.0 Å². The zero-order valence-corrected chi connectivity index (χ0v) is 24.8. The molecule has 2 aromatic carbocycles. The van der Waals surface area contributed by atoms with Crippen LogP contribution in [0.3, 0.4) is 0 Å². The molecule has 2 aliphatic carbocycles. The van der Waals surface area contributed by atoms with Crippen LogP contribution >= 0.6 is 11.6 Å². The van der Waals surface area contributed by atoms with Crippen LogP contribution in [0.2, 0.25) is 5.02 Å². The topological polar surface area (TPSA) is 87.7 Å². The summed E-state index contributed by atoms with van der Waals surface area (Å²) in [4.78, 5) is 15.4. The Kier molecular flexibility index (Phi) is 7.16. The molecule has 0 aromatic heterocycles. The van der Waals surface area contributed by atoms with E-state index < -0.39 is 21.5 Å². The van der Waals surface area contributed by atoms with Crippen molar-refractivity contribution in [3.63, 3.8) is 0 Å². The third-order valence-electron chi connectivity index (χ3n) is 9.41. The lowest BCUT2D eigenvalue weighted by Crippen LogP contribution is -2.54. The summed E-state index contributed by atoms with van der Waals surface area (Å²) in [5.41, 5.74) is 2.06. The Bertz CT molecular complexity index is 1460. The van der Waals surface area contributed by atoms with Gasteiger partial charge in [0, 0.05) is 30.1 Å². The van der Waals surface area contributed by atoms with Gasteiger partial charge in [-0.2, -0.15) is 0 Å². The largest absolute Gasteiger partial charge is 0.490 e. The summed E-state index contributed by atoms with van der Waals surface area (Å²) in [7, 11) is -4.09. The third kappa shape index (κ3) is 5.14. The molecule has 2 aliphatic heterocycles. The van der Waals surface area contributed by atoms with Crippen molar-refractivity contribution in [2.24, 2.45) is 11.8 Å². The molecule has 0 saturated heterocycles. The minimum atomic E-state index is -4.09. The molecule has 2 N–H and O–H groups in total. The maximum atomic E-state index is 13.4. The first-order valence-electron chi connectivity index (χ1n) is 14.3. The zero-order chi connectivity index (χ0) is 28.1. The molecule has 1 fully saturated rings. The molecule has 9 heteroatoms. The average molecular weight is 584 g/mol. The van der Waals surface area contributed by atoms with E-state index in [0.717, 1.165) is 55.9 Å². The first-order chi connectivity index (χ1) is 19.1. The second kappa shape index (κ2) is 10.4. The SMILES string of the molecule is CC1(C)NC/C=C/C[C@@H]2CC[C@H]2CN2C[C@@]3(CCCc4cc(Cl)ccc43)COc3ccc(cc32)S(=O)(=O)NC1=O. The molecular formula is C31H38ClN3O4S. The number of nitrogens with zero attached hydrogens (tertiary/aromatic N) is 1. The van der Waals surface area contributed by atoms with Gasteiger partial charge in [0.25, 0.3) is 15.9 Å². The van der Waals surface area contributed by atoms with Crippen LogP contribution in [0.15, 0.2) is 53.4 Å². The van der Waals surface area contributed by atoms with Gasteiger partial charge in [-0.15, -0.1) is 0 Å². The van der Waals surface area contributed by atoms with E-state index in [9.17, 15) is 13.2 Å². The van der Waals surface area contributed by atoms with Crippen LogP contribution in [0, 0.1) is 11.8 Å². The van der Waals surface area contributed by atoms with Gasteiger partial charge in [-0.3, -0.25) is 4.79 Å². The standard InChI is InChI=1S/C31H38ClN3O4S/c1-30(2)29(36)34-40(37,38)25-11-13-28-27(17-25)35(18-23-9-8-21(23)6-3-4-15-33-30)19-31(20-39-28)14-5-7-22-16-24(32)10-12-26(22)31/h3-4,10-13,16-17,21,23,33H,5-9,14-15,18-20H2,1-2H3,(H,34,36)/b4-3+/t21-,23+,31+/m1/s1. The molecule has 0 radical (unpaired) electrons. The van der Waals surface area contributed by atoms with Crippen LogP contribution in [0.25, 0.3) is 0 Å². The summed E-state index contributed by atoms with van der Waals surface area (Å²) in [5, 5.41) is 3.92. The Morgan fingerprint density at radius 2 is 1.90 bits per heavy atom. The fraction of sp³-hybridized carbons (Fsp3) is 0.516. The van der Waals surface area contributed by atoms with Gasteiger partial charge in [0.2, 0.25) is 0 Å². The Morgan fingerprint density at radius 1 is 1.07 bits per heavy atom. The van der Waals surface area contributed by atoms with Crippen molar-refractivity contribution in [1.29, 1.82) is 0 Å². The van der Waals surface area contributed by atoms with Crippen molar-refractivity contribution in [3.05, 3.63) is 64.7 Å². The number of sulfonamides is 1. The number of aryl methyl sites for hydroxylation is 1. The van der Waals surface area contributed by atoms with E-state index in [1.165, 1.54) is 23.6 Å². The lowest BCUT2D eigenvalue weighted by Gasteiger charge is -2.44. The van der Waals surface area contributed by atoms with Crippen molar-refractivity contribution >= 4 is 33.2 Å². The number of carbonyl (C=O) groups excluding carboxylic acids is 1. The number of ether oxygens (including phenoxy) is 1. The number of hydrogen-bond acceptors (Lipinski definition) is 6. The highest BCUT2D eigenvalue weighted by Gasteiger charge is 2.43. The van der Waals surface area contributed by atoms with Crippen molar-refractivity contribution in [2.75, 3.05) is 31.1 Å². The van der Waals surface area contributed by atoms with Gasteiger partial charge in [0.15, 0.2) is 0 Å². The van der Waals surface area contributed by atoms with E-state index in [-0.39, 0.29) is 10.3 Å². The first kappa shape index (κ1) is 27.6. The number of rotatable bonds is 0. The van der Waals surface area contributed by atoms with Crippen LogP contribution in [-0.2, 0) is 26.7 Å². The summed E-state index contributed by atoms with van der Waals surface area (Å²) in [6.07, 6.45) is 10.6. The van der Waals surface area contributed by atoms with Crippen molar-refractivity contribution in [2.45, 2.75) is 68.2 Å². The maximum Gasteiger partial charge on any atom is 0.264 e. The quantitative estimate of drug-likeness (QED) is 0.426. The van der Waals surface area contributed by atoms with Gasteiger partial charge in [-0.25, -0.2) is 13.1 Å². The first-order valence-corrected chi connectivity index (χ1v) is 16.2. The number of halogens is 1.